The molecule has 2 amide bonds. The highest BCUT2D eigenvalue weighted by atomic mass is 79.9. The molecule has 0 radical (unpaired) electrons. The fourth-order valence-electron chi connectivity index (χ4n) is 2.07. The van der Waals surface area contributed by atoms with Crippen LogP contribution in [-0.2, 0) is 11.4 Å². The molecular formula is C17H11BrClNO3S. The summed E-state index contributed by atoms with van der Waals surface area (Å²) in [6, 6.07) is 12.9. The van der Waals surface area contributed by atoms with Crippen molar-refractivity contribution < 1.29 is 14.3 Å². The fourth-order valence-corrected chi connectivity index (χ4v) is 3.45. The van der Waals surface area contributed by atoms with Gasteiger partial charge in [0.2, 0.25) is 0 Å². The fraction of sp³-hybridized carbons (Fsp3) is 0.0588. The second-order valence-electron chi connectivity index (χ2n) is 4.92. The third kappa shape index (κ3) is 4.01. The van der Waals surface area contributed by atoms with E-state index in [1.807, 2.05) is 36.4 Å². The van der Waals surface area contributed by atoms with Crippen LogP contribution in [-0.4, -0.2) is 11.1 Å². The number of benzene rings is 2. The van der Waals surface area contributed by atoms with Gasteiger partial charge in [-0.1, -0.05) is 35.9 Å². The molecule has 7 heteroatoms. The predicted octanol–water partition coefficient (Wildman–Crippen LogP) is 5.01. The van der Waals surface area contributed by atoms with E-state index in [0.717, 1.165) is 27.4 Å². The minimum Gasteiger partial charge on any atom is -0.488 e. The van der Waals surface area contributed by atoms with Crippen LogP contribution in [0.25, 0.3) is 6.08 Å². The van der Waals surface area contributed by atoms with Crippen molar-refractivity contribution in [1.82, 2.24) is 5.32 Å². The Kier molecular flexibility index (Phi) is 5.28. The minimum absolute atomic E-state index is 0.353. The van der Waals surface area contributed by atoms with Gasteiger partial charge in [-0.15, -0.1) is 0 Å². The van der Waals surface area contributed by atoms with Gasteiger partial charge in [0.05, 0.1) is 9.38 Å². The van der Waals surface area contributed by atoms with Crippen LogP contribution in [0.5, 0.6) is 5.75 Å². The average Bonchev–Trinajstić information content (AvgIpc) is 2.85. The van der Waals surface area contributed by atoms with Gasteiger partial charge in [-0.05, 0) is 57.5 Å². The van der Waals surface area contributed by atoms with E-state index in [0.29, 0.717) is 22.3 Å². The number of amides is 2. The molecule has 0 atom stereocenters. The van der Waals surface area contributed by atoms with Crippen LogP contribution in [0.1, 0.15) is 11.1 Å². The third-order valence-electron chi connectivity index (χ3n) is 3.24. The summed E-state index contributed by atoms with van der Waals surface area (Å²) in [5.41, 5.74) is 1.69. The van der Waals surface area contributed by atoms with Crippen LogP contribution in [0.2, 0.25) is 5.02 Å². The number of halogens is 2. The van der Waals surface area contributed by atoms with E-state index in [1.165, 1.54) is 0 Å². The number of carbonyl (C=O) groups is 2. The van der Waals surface area contributed by atoms with Crippen molar-refractivity contribution in [3.05, 3.63) is 68.0 Å². The first-order valence-electron chi connectivity index (χ1n) is 6.93. The van der Waals surface area contributed by atoms with E-state index in [2.05, 4.69) is 21.2 Å². The zero-order valence-electron chi connectivity index (χ0n) is 12.2. The molecule has 1 aliphatic heterocycles. The maximum atomic E-state index is 11.6. The summed E-state index contributed by atoms with van der Waals surface area (Å²) in [5, 5.41) is 2.52. The zero-order valence-corrected chi connectivity index (χ0v) is 15.4. The first kappa shape index (κ1) is 17.1. The Bertz CT molecular complexity index is 853. The standard InChI is InChI=1S/C17H11BrClNO3S/c18-12-7-10(8-15-16(21)20-17(22)24-15)5-6-14(12)23-9-11-3-1-2-4-13(11)19/h1-8H,9H2,(H,20,21,22)/b15-8-. The van der Waals surface area contributed by atoms with Gasteiger partial charge in [0.25, 0.3) is 11.1 Å². The lowest BCUT2D eigenvalue weighted by molar-refractivity contribution is -0.115. The van der Waals surface area contributed by atoms with Crippen molar-refractivity contribution in [2.75, 3.05) is 0 Å². The molecule has 1 fully saturated rings. The van der Waals surface area contributed by atoms with Crippen LogP contribution < -0.4 is 10.1 Å². The van der Waals surface area contributed by atoms with Crippen LogP contribution in [0.3, 0.4) is 0 Å². The van der Waals surface area contributed by atoms with Gasteiger partial charge in [-0.25, -0.2) is 0 Å². The van der Waals surface area contributed by atoms with Crippen LogP contribution >= 0.6 is 39.3 Å². The number of carbonyl (C=O) groups excluding carboxylic acids is 2. The van der Waals surface area contributed by atoms with Gasteiger partial charge in [0, 0.05) is 10.6 Å². The minimum atomic E-state index is -0.375. The highest BCUT2D eigenvalue weighted by Crippen LogP contribution is 2.31. The van der Waals surface area contributed by atoms with Gasteiger partial charge in [0.1, 0.15) is 12.4 Å². The Balaban J connectivity index is 1.73. The predicted molar refractivity (Wildman–Crippen MR) is 99.0 cm³/mol. The van der Waals surface area contributed by atoms with E-state index < -0.39 is 0 Å². The lowest BCUT2D eigenvalue weighted by Gasteiger charge is -2.10. The molecule has 1 saturated heterocycles. The van der Waals surface area contributed by atoms with Crippen molar-refractivity contribution in [1.29, 1.82) is 0 Å². The molecule has 2 aromatic rings. The van der Waals surface area contributed by atoms with E-state index >= 15 is 0 Å². The number of hydrogen-bond acceptors (Lipinski definition) is 4. The lowest BCUT2D eigenvalue weighted by Crippen LogP contribution is -2.17. The molecule has 0 aromatic heterocycles. The molecular weight excluding hydrogens is 414 g/mol. The maximum Gasteiger partial charge on any atom is 0.290 e. The Morgan fingerprint density at radius 1 is 1.21 bits per heavy atom. The Morgan fingerprint density at radius 2 is 2.00 bits per heavy atom. The Labute approximate surface area is 156 Å². The molecule has 0 bridgehead atoms. The van der Waals surface area contributed by atoms with E-state index in [4.69, 9.17) is 16.3 Å². The Morgan fingerprint density at radius 3 is 2.67 bits per heavy atom. The van der Waals surface area contributed by atoms with Crippen molar-refractivity contribution >= 4 is 56.5 Å². The molecule has 24 heavy (non-hydrogen) atoms. The lowest BCUT2D eigenvalue weighted by atomic mass is 10.2. The molecule has 2 aromatic carbocycles. The molecule has 3 rings (SSSR count). The van der Waals surface area contributed by atoms with Crippen LogP contribution in [0.4, 0.5) is 4.79 Å². The number of imide groups is 1. The molecule has 1 aliphatic rings. The number of ether oxygens (including phenoxy) is 1. The summed E-state index contributed by atoms with van der Waals surface area (Å²) < 4.78 is 6.52. The average molecular weight is 425 g/mol. The van der Waals surface area contributed by atoms with Crippen LogP contribution in [0, 0.1) is 0 Å². The molecule has 4 nitrogen and oxygen atoms in total. The SMILES string of the molecule is O=C1NC(=O)/C(=C/c2ccc(OCc3ccccc3Cl)c(Br)c2)S1. The van der Waals surface area contributed by atoms with Crippen molar-refractivity contribution in [2.45, 2.75) is 6.61 Å². The maximum absolute atomic E-state index is 11.6. The largest absolute Gasteiger partial charge is 0.488 e. The second kappa shape index (κ2) is 7.42. The van der Waals surface area contributed by atoms with Crippen LogP contribution in [0.15, 0.2) is 51.8 Å². The number of nitrogens with one attached hydrogen (secondary N) is 1. The first-order chi connectivity index (χ1) is 11.5. The van der Waals surface area contributed by atoms with Gasteiger partial charge < -0.3 is 4.74 Å². The number of rotatable bonds is 4. The molecule has 1 heterocycles. The summed E-state index contributed by atoms with van der Waals surface area (Å²) in [7, 11) is 0. The van der Waals surface area contributed by atoms with Crippen molar-refractivity contribution in [2.24, 2.45) is 0 Å². The van der Waals surface area contributed by atoms with Gasteiger partial charge >= 0.3 is 0 Å². The summed E-state index contributed by atoms with van der Waals surface area (Å²) in [4.78, 5) is 23.1. The second-order valence-corrected chi connectivity index (χ2v) is 7.20. The molecule has 0 saturated carbocycles. The zero-order chi connectivity index (χ0) is 17.1. The van der Waals surface area contributed by atoms with Gasteiger partial charge in [0.15, 0.2) is 0 Å². The summed E-state index contributed by atoms with van der Waals surface area (Å²) in [6.07, 6.45) is 1.66. The Hall–Kier alpha value is -1.76. The van der Waals surface area contributed by atoms with E-state index in [-0.39, 0.29) is 11.1 Å². The van der Waals surface area contributed by atoms with Gasteiger partial charge in [-0.2, -0.15) is 0 Å². The number of hydrogen-bond donors (Lipinski definition) is 1. The summed E-state index contributed by atoms with van der Waals surface area (Å²) in [6.45, 7) is 0.353. The highest BCUT2D eigenvalue weighted by molar-refractivity contribution is 9.10. The molecule has 1 N–H and O–H groups in total. The smallest absolute Gasteiger partial charge is 0.290 e. The highest BCUT2D eigenvalue weighted by Gasteiger charge is 2.24. The summed E-state index contributed by atoms with van der Waals surface area (Å²) >= 11 is 10.5. The third-order valence-corrected chi connectivity index (χ3v) is 5.04. The quantitative estimate of drug-likeness (QED) is 0.701. The number of thioether (sulfide) groups is 1. The summed E-state index contributed by atoms with van der Waals surface area (Å²) in [5.74, 6) is 0.289. The van der Waals surface area contributed by atoms with E-state index in [9.17, 15) is 9.59 Å². The van der Waals surface area contributed by atoms with E-state index in [1.54, 1.807) is 12.1 Å². The van der Waals surface area contributed by atoms with Gasteiger partial charge in [-0.3, -0.25) is 14.9 Å². The van der Waals surface area contributed by atoms with Crippen molar-refractivity contribution in [3.63, 3.8) is 0 Å². The normalized spacial score (nSPS) is 15.7. The topological polar surface area (TPSA) is 55.4 Å². The molecule has 0 unspecified atom stereocenters. The molecule has 0 aliphatic carbocycles. The van der Waals surface area contributed by atoms with Crippen molar-refractivity contribution in [3.8, 4) is 5.75 Å². The molecule has 0 spiro atoms. The first-order valence-corrected chi connectivity index (χ1v) is 8.92. The molecule has 122 valence electrons. The monoisotopic (exact) mass is 423 g/mol.